The molecule has 2 aliphatic rings. The van der Waals surface area contributed by atoms with Crippen LogP contribution in [0.15, 0.2) is 18.2 Å². The van der Waals surface area contributed by atoms with E-state index in [9.17, 15) is 4.79 Å². The molecule has 0 N–H and O–H groups in total. The molecule has 2 fully saturated rings. The Labute approximate surface area is 143 Å². The highest BCUT2D eigenvalue weighted by atomic mass is 35.5. The van der Waals surface area contributed by atoms with Gasteiger partial charge >= 0.3 is 0 Å². The molecule has 0 spiro atoms. The lowest BCUT2D eigenvalue weighted by Crippen LogP contribution is -2.36. The molecule has 2 heterocycles. The van der Waals surface area contributed by atoms with Crippen molar-refractivity contribution in [2.24, 2.45) is 5.92 Å². The van der Waals surface area contributed by atoms with Gasteiger partial charge in [0.05, 0.1) is 12.7 Å². The summed E-state index contributed by atoms with van der Waals surface area (Å²) in [5.74, 6) is 1.21. The van der Waals surface area contributed by atoms with Crippen LogP contribution in [0.2, 0.25) is 5.02 Å². The molecular weight excluding hydrogens is 312 g/mol. The Morgan fingerprint density at radius 1 is 1.26 bits per heavy atom. The molecule has 0 radical (unpaired) electrons. The van der Waals surface area contributed by atoms with Crippen LogP contribution < -0.4 is 4.74 Å². The molecule has 3 rings (SSSR count). The molecule has 0 aromatic heterocycles. The molecule has 0 saturated carbocycles. The first-order chi connectivity index (χ1) is 11.2. The number of rotatable bonds is 4. The van der Waals surface area contributed by atoms with Gasteiger partial charge in [-0.25, -0.2) is 0 Å². The Morgan fingerprint density at radius 3 is 2.78 bits per heavy atom. The second-order valence-corrected chi connectivity index (χ2v) is 7.05. The van der Waals surface area contributed by atoms with Gasteiger partial charge in [-0.3, -0.25) is 4.79 Å². The van der Waals surface area contributed by atoms with E-state index in [2.05, 4.69) is 4.90 Å². The van der Waals surface area contributed by atoms with Gasteiger partial charge in [-0.2, -0.15) is 0 Å². The number of carbonyl (C=O) groups is 1. The van der Waals surface area contributed by atoms with Gasteiger partial charge in [0.15, 0.2) is 0 Å². The van der Waals surface area contributed by atoms with Crippen LogP contribution in [0.5, 0.6) is 5.75 Å². The number of ether oxygens (including phenoxy) is 1. The van der Waals surface area contributed by atoms with E-state index in [1.807, 2.05) is 4.90 Å². The number of methoxy groups -OCH3 is 1. The summed E-state index contributed by atoms with van der Waals surface area (Å²) in [5.41, 5.74) is 0.607. The van der Waals surface area contributed by atoms with E-state index in [0.29, 0.717) is 22.3 Å². The van der Waals surface area contributed by atoms with Gasteiger partial charge in [-0.1, -0.05) is 18.0 Å². The lowest BCUT2D eigenvalue weighted by molar-refractivity contribution is 0.0779. The summed E-state index contributed by atoms with van der Waals surface area (Å²) in [7, 11) is 1.57. The van der Waals surface area contributed by atoms with E-state index in [-0.39, 0.29) is 5.91 Å². The van der Waals surface area contributed by atoms with Crippen molar-refractivity contribution >= 4 is 17.5 Å². The van der Waals surface area contributed by atoms with Crippen LogP contribution in [0.1, 0.15) is 36.0 Å². The molecule has 2 aliphatic heterocycles. The third-order valence-corrected chi connectivity index (χ3v) is 5.17. The average Bonchev–Trinajstić information content (AvgIpc) is 3.03. The third-order valence-electron chi connectivity index (χ3n) is 4.93. The van der Waals surface area contributed by atoms with Crippen molar-refractivity contribution in [2.45, 2.75) is 25.7 Å². The first kappa shape index (κ1) is 16.6. The van der Waals surface area contributed by atoms with Crippen LogP contribution in [0.25, 0.3) is 0 Å². The smallest absolute Gasteiger partial charge is 0.257 e. The fourth-order valence-electron chi connectivity index (χ4n) is 3.69. The number of likely N-dealkylation sites (tertiary alicyclic amines) is 2. The van der Waals surface area contributed by atoms with Crippen LogP contribution in [-0.4, -0.2) is 55.5 Å². The van der Waals surface area contributed by atoms with Crippen molar-refractivity contribution < 1.29 is 9.53 Å². The Balaban J connectivity index is 1.61. The number of amides is 1. The minimum absolute atomic E-state index is 0.0552. The maximum Gasteiger partial charge on any atom is 0.257 e. The summed E-state index contributed by atoms with van der Waals surface area (Å²) in [6, 6.07) is 5.22. The van der Waals surface area contributed by atoms with Crippen molar-refractivity contribution in [3.8, 4) is 5.75 Å². The third kappa shape index (κ3) is 3.99. The van der Waals surface area contributed by atoms with E-state index >= 15 is 0 Å². The Hall–Kier alpha value is -1.26. The van der Waals surface area contributed by atoms with Crippen molar-refractivity contribution in [1.82, 2.24) is 9.80 Å². The Bertz CT molecular complexity index is 558. The monoisotopic (exact) mass is 336 g/mol. The summed E-state index contributed by atoms with van der Waals surface area (Å²) in [4.78, 5) is 17.3. The molecule has 0 aliphatic carbocycles. The van der Waals surface area contributed by atoms with E-state index < -0.39 is 0 Å². The first-order valence-corrected chi connectivity index (χ1v) is 8.90. The quantitative estimate of drug-likeness (QED) is 0.845. The molecule has 126 valence electrons. The van der Waals surface area contributed by atoms with E-state index in [1.54, 1.807) is 25.3 Å². The van der Waals surface area contributed by atoms with Gasteiger partial charge in [0.1, 0.15) is 5.75 Å². The first-order valence-electron chi connectivity index (χ1n) is 8.52. The zero-order valence-electron chi connectivity index (χ0n) is 13.8. The second kappa shape index (κ2) is 7.54. The van der Waals surface area contributed by atoms with E-state index in [0.717, 1.165) is 26.1 Å². The predicted molar refractivity (Wildman–Crippen MR) is 92.3 cm³/mol. The predicted octanol–water partition coefficient (Wildman–Crippen LogP) is 3.30. The van der Waals surface area contributed by atoms with Gasteiger partial charge in [-0.15, -0.1) is 0 Å². The summed E-state index contributed by atoms with van der Waals surface area (Å²) in [5, 5.41) is 0.586. The van der Waals surface area contributed by atoms with Crippen molar-refractivity contribution in [1.29, 1.82) is 0 Å². The van der Waals surface area contributed by atoms with Gasteiger partial charge in [-0.05, 0) is 56.5 Å². The zero-order chi connectivity index (χ0) is 16.2. The number of hydrogen-bond acceptors (Lipinski definition) is 3. The largest absolute Gasteiger partial charge is 0.496 e. The summed E-state index contributed by atoms with van der Waals surface area (Å²) in [6.07, 6.45) is 5.09. The molecule has 0 bridgehead atoms. The Morgan fingerprint density at radius 2 is 2.04 bits per heavy atom. The minimum Gasteiger partial charge on any atom is -0.496 e. The second-order valence-electron chi connectivity index (χ2n) is 6.61. The molecule has 1 atom stereocenters. The topological polar surface area (TPSA) is 32.8 Å². The molecular formula is C18H25ClN2O2. The maximum absolute atomic E-state index is 12.8. The van der Waals surface area contributed by atoms with Gasteiger partial charge in [0, 0.05) is 24.7 Å². The number of benzene rings is 1. The standard InChI is InChI=1S/C18H25ClN2O2/c1-23-17-11-15(19)5-6-16(17)18(22)21-10-7-14(13-21)12-20-8-3-2-4-9-20/h5-6,11,14H,2-4,7-10,12-13H2,1H3. The fraction of sp³-hybridized carbons (Fsp3) is 0.611. The number of nitrogens with zero attached hydrogens (tertiary/aromatic N) is 2. The van der Waals surface area contributed by atoms with Crippen LogP contribution in [-0.2, 0) is 0 Å². The molecule has 5 heteroatoms. The molecule has 2 saturated heterocycles. The van der Waals surface area contributed by atoms with Crippen molar-refractivity contribution in [3.63, 3.8) is 0 Å². The highest BCUT2D eigenvalue weighted by Gasteiger charge is 2.29. The van der Waals surface area contributed by atoms with Gasteiger partial charge in [0.2, 0.25) is 0 Å². The van der Waals surface area contributed by atoms with Crippen molar-refractivity contribution in [3.05, 3.63) is 28.8 Å². The van der Waals surface area contributed by atoms with Crippen LogP contribution >= 0.6 is 11.6 Å². The molecule has 23 heavy (non-hydrogen) atoms. The number of carbonyl (C=O) groups excluding carboxylic acids is 1. The molecule has 1 unspecified atom stereocenters. The lowest BCUT2D eigenvalue weighted by Gasteiger charge is -2.29. The fourth-order valence-corrected chi connectivity index (χ4v) is 3.85. The lowest BCUT2D eigenvalue weighted by atomic mass is 10.1. The normalized spacial score (nSPS) is 22.3. The van der Waals surface area contributed by atoms with Crippen LogP contribution in [0.4, 0.5) is 0 Å². The zero-order valence-corrected chi connectivity index (χ0v) is 14.5. The summed E-state index contributed by atoms with van der Waals surface area (Å²) < 4.78 is 5.32. The van der Waals surface area contributed by atoms with Crippen molar-refractivity contribution in [2.75, 3.05) is 39.8 Å². The van der Waals surface area contributed by atoms with E-state index in [4.69, 9.17) is 16.3 Å². The highest BCUT2D eigenvalue weighted by Crippen LogP contribution is 2.27. The molecule has 1 aromatic rings. The SMILES string of the molecule is COc1cc(Cl)ccc1C(=O)N1CCC(CN2CCCCC2)C1. The number of piperidine rings is 1. The van der Waals surface area contributed by atoms with Crippen LogP contribution in [0, 0.1) is 5.92 Å². The molecule has 1 amide bonds. The van der Waals surface area contributed by atoms with Gasteiger partial charge < -0.3 is 14.5 Å². The minimum atomic E-state index is 0.0552. The van der Waals surface area contributed by atoms with Crippen LogP contribution in [0.3, 0.4) is 0 Å². The number of halogens is 1. The number of hydrogen-bond donors (Lipinski definition) is 0. The van der Waals surface area contributed by atoms with E-state index in [1.165, 1.54) is 32.4 Å². The maximum atomic E-state index is 12.8. The molecule has 1 aromatic carbocycles. The Kier molecular flexibility index (Phi) is 5.44. The van der Waals surface area contributed by atoms with Gasteiger partial charge in [0.25, 0.3) is 5.91 Å². The average molecular weight is 337 g/mol. The molecule has 4 nitrogen and oxygen atoms in total. The highest BCUT2D eigenvalue weighted by molar-refractivity contribution is 6.30. The summed E-state index contributed by atoms with van der Waals surface area (Å²) in [6.45, 7) is 5.25. The summed E-state index contributed by atoms with van der Waals surface area (Å²) >= 11 is 5.98.